The lowest BCUT2D eigenvalue weighted by atomic mass is 10.00. The van der Waals surface area contributed by atoms with E-state index in [0.717, 1.165) is 0 Å². The van der Waals surface area contributed by atoms with Gasteiger partial charge in [0.2, 0.25) is 0 Å². The van der Waals surface area contributed by atoms with E-state index in [0.29, 0.717) is 0 Å². The molecule has 0 saturated carbocycles. The Kier molecular flexibility index (Phi) is 4.03. The van der Waals surface area contributed by atoms with E-state index in [1.54, 1.807) is 5.57 Å². The van der Waals surface area contributed by atoms with Crippen molar-refractivity contribution in [3.05, 3.63) is 23.8 Å². The molecule has 0 bridgehead atoms. The fourth-order valence-electron chi connectivity index (χ4n) is 1.58. The van der Waals surface area contributed by atoms with Crippen LogP contribution >= 0.6 is 0 Å². The third kappa shape index (κ3) is 3.41. The van der Waals surface area contributed by atoms with Crippen molar-refractivity contribution in [2.75, 3.05) is 0 Å². The molecule has 0 heterocycles. The number of rotatable bonds is 1. The summed E-state index contributed by atoms with van der Waals surface area (Å²) in [4.78, 5) is 0. The van der Waals surface area contributed by atoms with Crippen LogP contribution < -0.4 is 0 Å². The molecule has 0 aromatic rings. The molecule has 0 fully saturated rings. The van der Waals surface area contributed by atoms with E-state index >= 15 is 0 Å². The van der Waals surface area contributed by atoms with Crippen molar-refractivity contribution in [3.8, 4) is 0 Å². The van der Waals surface area contributed by atoms with Crippen LogP contribution in [0.15, 0.2) is 23.8 Å². The predicted molar refractivity (Wildman–Crippen MR) is 50.6 cm³/mol. The molecule has 0 aliphatic heterocycles. The van der Waals surface area contributed by atoms with Crippen LogP contribution in [0.5, 0.6) is 0 Å². The van der Waals surface area contributed by atoms with E-state index in [1.807, 2.05) is 0 Å². The van der Waals surface area contributed by atoms with Gasteiger partial charge in [-0.3, -0.25) is 0 Å². The summed E-state index contributed by atoms with van der Waals surface area (Å²) in [6.45, 7) is 2.10. The Hall–Kier alpha value is -0.520. The van der Waals surface area contributed by atoms with Crippen LogP contribution in [0.4, 0.5) is 0 Å². The average molecular weight is 150 g/mol. The second kappa shape index (κ2) is 5.17. The van der Waals surface area contributed by atoms with E-state index < -0.39 is 0 Å². The summed E-state index contributed by atoms with van der Waals surface area (Å²) in [7, 11) is 0. The molecule has 0 unspecified atom stereocenters. The van der Waals surface area contributed by atoms with Crippen LogP contribution in [-0.2, 0) is 0 Å². The fraction of sp³-hybridized carbons (Fsp3) is 0.636. The normalized spacial score (nSPS) is 21.0. The Morgan fingerprint density at radius 3 is 2.82 bits per heavy atom. The molecule has 0 saturated heterocycles. The maximum Gasteiger partial charge on any atom is -0.0282 e. The molecule has 0 aromatic heterocycles. The zero-order valence-electron chi connectivity index (χ0n) is 7.47. The molecule has 0 heteroatoms. The molecular weight excluding hydrogens is 132 g/mol. The summed E-state index contributed by atoms with van der Waals surface area (Å²) in [5, 5.41) is 0. The van der Waals surface area contributed by atoms with Gasteiger partial charge in [0.15, 0.2) is 0 Å². The van der Waals surface area contributed by atoms with E-state index in [2.05, 4.69) is 25.2 Å². The van der Waals surface area contributed by atoms with Crippen molar-refractivity contribution in [1.82, 2.24) is 0 Å². The van der Waals surface area contributed by atoms with Gasteiger partial charge in [0.25, 0.3) is 0 Å². The highest BCUT2D eigenvalue weighted by molar-refractivity contribution is 5.18. The summed E-state index contributed by atoms with van der Waals surface area (Å²) in [5.74, 6) is 0. The van der Waals surface area contributed by atoms with Gasteiger partial charge in [0.1, 0.15) is 0 Å². The molecule has 11 heavy (non-hydrogen) atoms. The van der Waals surface area contributed by atoms with Gasteiger partial charge in [-0.15, -0.1) is 0 Å². The van der Waals surface area contributed by atoms with Gasteiger partial charge >= 0.3 is 0 Å². The van der Waals surface area contributed by atoms with Crippen molar-refractivity contribution in [2.45, 2.75) is 45.4 Å². The van der Waals surface area contributed by atoms with Gasteiger partial charge in [-0.05, 0) is 32.6 Å². The predicted octanol–water partition coefficient (Wildman–Crippen LogP) is 3.84. The van der Waals surface area contributed by atoms with Gasteiger partial charge in [0, 0.05) is 0 Å². The maximum absolute atomic E-state index is 2.40. The number of allylic oxidation sites excluding steroid dienone is 4. The molecular formula is C11H18. The highest BCUT2D eigenvalue weighted by atomic mass is 14.0. The molecule has 0 N–H and O–H groups in total. The number of hydrogen-bond donors (Lipinski definition) is 0. The molecule has 0 radical (unpaired) electrons. The minimum atomic E-state index is 1.29. The van der Waals surface area contributed by atoms with E-state index in [-0.39, 0.29) is 0 Å². The summed E-state index contributed by atoms with van der Waals surface area (Å²) in [6.07, 6.45) is 15.0. The molecule has 0 spiro atoms. The Labute approximate surface area is 70.0 Å². The molecule has 0 aromatic carbocycles. The second-order valence-electron chi connectivity index (χ2n) is 3.23. The second-order valence-corrected chi connectivity index (χ2v) is 3.23. The zero-order valence-corrected chi connectivity index (χ0v) is 7.47. The fourth-order valence-corrected chi connectivity index (χ4v) is 1.58. The monoisotopic (exact) mass is 150 g/mol. The van der Waals surface area contributed by atoms with Gasteiger partial charge in [-0.1, -0.05) is 36.6 Å². The van der Waals surface area contributed by atoms with E-state index in [4.69, 9.17) is 0 Å². The van der Waals surface area contributed by atoms with Gasteiger partial charge in [-0.25, -0.2) is 0 Å². The minimum absolute atomic E-state index is 1.29. The number of hydrogen-bond acceptors (Lipinski definition) is 0. The minimum Gasteiger partial charge on any atom is -0.0874 e. The molecule has 62 valence electrons. The van der Waals surface area contributed by atoms with Crippen LogP contribution in [0.1, 0.15) is 45.4 Å². The van der Waals surface area contributed by atoms with Crippen molar-refractivity contribution >= 4 is 0 Å². The summed E-state index contributed by atoms with van der Waals surface area (Å²) >= 11 is 0. The Morgan fingerprint density at radius 2 is 2.00 bits per heavy atom. The maximum atomic E-state index is 2.40. The van der Waals surface area contributed by atoms with Crippen molar-refractivity contribution in [1.29, 1.82) is 0 Å². The molecule has 1 rings (SSSR count). The lowest BCUT2D eigenvalue weighted by molar-refractivity contribution is 0.630. The SMILES string of the molecule is CC=CC1=CCCCCCC1. The summed E-state index contributed by atoms with van der Waals surface area (Å²) in [5.41, 5.74) is 1.55. The quantitative estimate of drug-likeness (QED) is 0.532. The van der Waals surface area contributed by atoms with Gasteiger partial charge in [-0.2, -0.15) is 0 Å². The van der Waals surface area contributed by atoms with Crippen LogP contribution in [0.3, 0.4) is 0 Å². The van der Waals surface area contributed by atoms with Crippen LogP contribution in [0.2, 0.25) is 0 Å². The molecule has 0 amide bonds. The van der Waals surface area contributed by atoms with Gasteiger partial charge in [0.05, 0.1) is 0 Å². The molecule has 0 nitrogen and oxygen atoms in total. The van der Waals surface area contributed by atoms with Crippen molar-refractivity contribution in [3.63, 3.8) is 0 Å². The van der Waals surface area contributed by atoms with Crippen LogP contribution in [0.25, 0.3) is 0 Å². The third-order valence-corrected chi connectivity index (χ3v) is 2.21. The highest BCUT2D eigenvalue weighted by Crippen LogP contribution is 2.17. The standard InChI is InChI=1S/C11H18/c1-2-8-11-9-6-4-3-5-7-10-11/h2,8-9H,3-7,10H2,1H3. The van der Waals surface area contributed by atoms with Crippen LogP contribution in [-0.4, -0.2) is 0 Å². The third-order valence-electron chi connectivity index (χ3n) is 2.21. The summed E-state index contributed by atoms with van der Waals surface area (Å²) < 4.78 is 0. The van der Waals surface area contributed by atoms with E-state index in [1.165, 1.54) is 38.5 Å². The Balaban J connectivity index is 2.45. The summed E-state index contributed by atoms with van der Waals surface area (Å²) in [6, 6.07) is 0. The molecule has 1 aliphatic rings. The first kappa shape index (κ1) is 8.58. The van der Waals surface area contributed by atoms with Crippen molar-refractivity contribution < 1.29 is 0 Å². The average Bonchev–Trinajstić information content (AvgIpc) is 1.94. The lowest BCUT2D eigenvalue weighted by Crippen LogP contribution is -1.87. The first-order valence-corrected chi connectivity index (χ1v) is 4.75. The Bertz CT molecular complexity index is 151. The molecule has 0 atom stereocenters. The highest BCUT2D eigenvalue weighted by Gasteiger charge is 1.97. The Morgan fingerprint density at radius 1 is 1.18 bits per heavy atom. The van der Waals surface area contributed by atoms with E-state index in [9.17, 15) is 0 Å². The zero-order chi connectivity index (χ0) is 7.94. The largest absolute Gasteiger partial charge is 0.0874 e. The topological polar surface area (TPSA) is 0 Å². The molecule has 1 aliphatic carbocycles. The van der Waals surface area contributed by atoms with Gasteiger partial charge < -0.3 is 0 Å². The van der Waals surface area contributed by atoms with Crippen LogP contribution in [0, 0.1) is 0 Å². The lowest BCUT2D eigenvalue weighted by Gasteiger charge is -2.06. The first-order valence-electron chi connectivity index (χ1n) is 4.75. The smallest absolute Gasteiger partial charge is 0.0282 e. The van der Waals surface area contributed by atoms with Crippen molar-refractivity contribution in [2.24, 2.45) is 0 Å². The first-order chi connectivity index (χ1) is 5.43.